The third kappa shape index (κ3) is 6.25. The lowest BCUT2D eigenvalue weighted by Crippen LogP contribution is -2.38. The lowest BCUT2D eigenvalue weighted by atomic mass is 10.1. The highest BCUT2D eigenvalue weighted by Gasteiger charge is 2.18. The van der Waals surface area contributed by atoms with Gasteiger partial charge in [0.1, 0.15) is 29.4 Å². The summed E-state index contributed by atoms with van der Waals surface area (Å²) in [5, 5.41) is 14.6. The fourth-order valence-corrected chi connectivity index (χ4v) is 3.61. The van der Waals surface area contributed by atoms with Gasteiger partial charge in [-0.05, 0) is 30.5 Å². The van der Waals surface area contributed by atoms with E-state index >= 15 is 0 Å². The van der Waals surface area contributed by atoms with E-state index in [1.165, 1.54) is 6.33 Å². The molecule has 10 nitrogen and oxygen atoms in total. The fraction of sp³-hybridized carbons (Fsp3) is 0.333. The highest BCUT2D eigenvalue weighted by atomic mass is 16.2. The molecular weight excluding hydrogens is 432 g/mol. The number of carbonyl (C=O) groups is 2. The molecule has 1 fully saturated rings. The van der Waals surface area contributed by atoms with Crippen molar-refractivity contribution in [1.29, 1.82) is 5.41 Å². The first-order valence-electron chi connectivity index (χ1n) is 11.3. The van der Waals surface area contributed by atoms with Crippen LogP contribution in [0, 0.1) is 5.41 Å². The van der Waals surface area contributed by atoms with E-state index in [0.717, 1.165) is 30.2 Å². The first kappa shape index (κ1) is 24.6. The highest BCUT2D eigenvalue weighted by molar-refractivity contribution is 5.95. The normalized spacial score (nSPS) is 13.5. The third-order valence-electron chi connectivity index (χ3n) is 5.42. The van der Waals surface area contributed by atoms with Gasteiger partial charge in [0.05, 0.1) is 5.52 Å². The number of aromatic nitrogens is 3. The van der Waals surface area contributed by atoms with Crippen molar-refractivity contribution in [2.75, 3.05) is 18.4 Å². The monoisotopic (exact) mass is 462 g/mol. The number of amidine groups is 1. The van der Waals surface area contributed by atoms with E-state index in [4.69, 9.17) is 11.1 Å². The van der Waals surface area contributed by atoms with E-state index in [1.807, 2.05) is 38.1 Å². The van der Waals surface area contributed by atoms with Crippen LogP contribution >= 0.6 is 0 Å². The molecule has 178 valence electrons. The molecule has 34 heavy (non-hydrogen) atoms. The Hall–Kier alpha value is -4.08. The van der Waals surface area contributed by atoms with E-state index in [0.29, 0.717) is 36.7 Å². The summed E-state index contributed by atoms with van der Waals surface area (Å²) in [5.74, 6) is 0.186. The predicted octanol–water partition coefficient (Wildman–Crippen LogP) is 2.30. The predicted molar refractivity (Wildman–Crippen MR) is 132 cm³/mol. The number of rotatable bonds is 7. The number of hydrogen-bond acceptors (Lipinski definition) is 7. The maximum Gasteiger partial charge on any atom is 0.270 e. The van der Waals surface area contributed by atoms with Crippen LogP contribution in [0.5, 0.6) is 0 Å². The third-order valence-corrected chi connectivity index (χ3v) is 5.42. The molecule has 0 aliphatic carbocycles. The molecule has 4 rings (SSSR count). The summed E-state index contributed by atoms with van der Waals surface area (Å²) in [4.78, 5) is 37.9. The summed E-state index contributed by atoms with van der Waals surface area (Å²) >= 11 is 0. The topological polar surface area (TPSA) is 150 Å². The molecule has 0 radical (unpaired) electrons. The first-order valence-corrected chi connectivity index (χ1v) is 11.3. The number of piperidine rings is 1. The van der Waals surface area contributed by atoms with Crippen LogP contribution in [-0.2, 0) is 11.3 Å². The second kappa shape index (κ2) is 11.7. The quantitative estimate of drug-likeness (QED) is 0.239. The number of carbonyl (C=O) groups excluding carboxylic acids is 2. The summed E-state index contributed by atoms with van der Waals surface area (Å²) in [6, 6.07) is 11.1. The number of anilines is 1. The number of nitrogens with two attached hydrogens (primary N) is 1. The maximum atomic E-state index is 12.6. The second-order valence-electron chi connectivity index (χ2n) is 7.67. The van der Waals surface area contributed by atoms with Gasteiger partial charge in [0.15, 0.2) is 0 Å². The minimum atomic E-state index is -0.309. The molecule has 0 saturated carbocycles. The molecule has 0 unspecified atom stereocenters. The molecule has 2 aromatic heterocycles. The number of nitrogens with one attached hydrogen (secondary N) is 3. The van der Waals surface area contributed by atoms with Crippen LogP contribution in [0.2, 0.25) is 0 Å². The van der Waals surface area contributed by atoms with Crippen LogP contribution in [-0.4, -0.2) is 57.1 Å². The minimum Gasteiger partial charge on any atom is -0.382 e. The van der Waals surface area contributed by atoms with E-state index < -0.39 is 0 Å². The number of nitrogen functional groups attached to an aromatic ring is 1. The van der Waals surface area contributed by atoms with E-state index in [1.54, 1.807) is 17.0 Å². The van der Waals surface area contributed by atoms with E-state index in [-0.39, 0.29) is 23.5 Å². The second-order valence-corrected chi connectivity index (χ2v) is 7.67. The Morgan fingerprint density at radius 2 is 1.88 bits per heavy atom. The Morgan fingerprint density at radius 1 is 1.15 bits per heavy atom. The van der Waals surface area contributed by atoms with Crippen LogP contribution in [0.15, 0.2) is 42.7 Å². The minimum absolute atomic E-state index is 0.0897. The van der Waals surface area contributed by atoms with Crippen molar-refractivity contribution < 1.29 is 9.59 Å². The molecule has 0 bridgehead atoms. The average Bonchev–Trinajstić information content (AvgIpc) is 2.88. The number of hydrogen-bond donors (Lipinski definition) is 4. The number of benzene rings is 1. The fourth-order valence-electron chi connectivity index (χ4n) is 3.61. The lowest BCUT2D eigenvalue weighted by Gasteiger charge is -2.29. The molecule has 1 aliphatic rings. The summed E-state index contributed by atoms with van der Waals surface area (Å²) in [6.45, 7) is 5.71. The number of pyridine rings is 1. The number of amides is 2. The molecule has 0 spiro atoms. The molecule has 1 saturated heterocycles. The van der Waals surface area contributed by atoms with Gasteiger partial charge in [0.2, 0.25) is 6.41 Å². The van der Waals surface area contributed by atoms with Crippen molar-refractivity contribution in [3.8, 4) is 0 Å². The summed E-state index contributed by atoms with van der Waals surface area (Å²) in [7, 11) is 0. The van der Waals surface area contributed by atoms with Gasteiger partial charge >= 0.3 is 0 Å². The molecule has 10 heteroatoms. The standard InChI is InChI=1S/C22H24N8O2.C2H6/c23-21(24)17-4-3-15-2-1-14(9-18(15)29-17)11-25-22(32)19-10-20(27-12-26-19)28-16-5-7-30(13-31)8-6-16;1-2/h1-4,9-10,12-13,16H,5-8,11H2,(H3,23,24)(H,25,32)(H,26,27,28);1-2H3. The smallest absolute Gasteiger partial charge is 0.270 e. The van der Waals surface area contributed by atoms with Gasteiger partial charge in [-0.1, -0.05) is 32.0 Å². The van der Waals surface area contributed by atoms with Crippen molar-refractivity contribution in [2.24, 2.45) is 5.73 Å². The zero-order valence-electron chi connectivity index (χ0n) is 19.4. The summed E-state index contributed by atoms with van der Waals surface area (Å²) in [5.41, 5.74) is 7.78. The molecule has 2 amide bonds. The van der Waals surface area contributed by atoms with Crippen LogP contribution in [0.1, 0.15) is 48.4 Å². The number of likely N-dealkylation sites (tertiary alicyclic amines) is 1. The van der Waals surface area contributed by atoms with Gasteiger partial charge in [-0.3, -0.25) is 15.0 Å². The van der Waals surface area contributed by atoms with Crippen molar-refractivity contribution in [2.45, 2.75) is 39.3 Å². The Labute approximate surface area is 198 Å². The van der Waals surface area contributed by atoms with Crippen LogP contribution < -0.4 is 16.4 Å². The van der Waals surface area contributed by atoms with E-state index in [2.05, 4.69) is 25.6 Å². The Morgan fingerprint density at radius 3 is 2.59 bits per heavy atom. The zero-order valence-corrected chi connectivity index (χ0v) is 19.4. The summed E-state index contributed by atoms with van der Waals surface area (Å²) < 4.78 is 0. The van der Waals surface area contributed by atoms with Crippen molar-refractivity contribution in [3.05, 3.63) is 59.7 Å². The van der Waals surface area contributed by atoms with Gasteiger partial charge in [0, 0.05) is 37.1 Å². The zero-order chi connectivity index (χ0) is 24.5. The summed E-state index contributed by atoms with van der Waals surface area (Å²) in [6.07, 6.45) is 3.88. The molecule has 3 aromatic rings. The van der Waals surface area contributed by atoms with E-state index in [9.17, 15) is 9.59 Å². The molecule has 0 atom stereocenters. The number of fused-ring (bicyclic) bond motifs is 1. The van der Waals surface area contributed by atoms with Crippen LogP contribution in [0.4, 0.5) is 5.82 Å². The Balaban J connectivity index is 0.00000158. The number of nitrogens with zero attached hydrogens (tertiary/aromatic N) is 4. The van der Waals surface area contributed by atoms with Gasteiger partial charge in [-0.25, -0.2) is 15.0 Å². The van der Waals surface area contributed by atoms with Crippen LogP contribution in [0.3, 0.4) is 0 Å². The maximum absolute atomic E-state index is 12.6. The largest absolute Gasteiger partial charge is 0.382 e. The SMILES string of the molecule is CC.N=C(N)c1ccc2ccc(CNC(=O)c3cc(NC4CCN(C=O)CC4)ncn3)cc2n1. The van der Waals surface area contributed by atoms with Crippen molar-refractivity contribution in [3.63, 3.8) is 0 Å². The molecule has 5 N–H and O–H groups in total. The lowest BCUT2D eigenvalue weighted by molar-refractivity contribution is -0.118. The average molecular weight is 463 g/mol. The van der Waals surface area contributed by atoms with Gasteiger partial charge in [0.25, 0.3) is 5.91 Å². The molecule has 1 aromatic carbocycles. The van der Waals surface area contributed by atoms with Gasteiger partial charge in [-0.2, -0.15) is 0 Å². The Kier molecular flexibility index (Phi) is 8.44. The first-order chi connectivity index (χ1) is 16.5. The highest BCUT2D eigenvalue weighted by Crippen LogP contribution is 2.16. The van der Waals surface area contributed by atoms with Gasteiger partial charge in [-0.15, -0.1) is 0 Å². The molecule has 3 heterocycles. The molecule has 1 aliphatic heterocycles. The van der Waals surface area contributed by atoms with Crippen molar-refractivity contribution >= 4 is 34.9 Å². The van der Waals surface area contributed by atoms with Crippen LogP contribution in [0.25, 0.3) is 10.9 Å². The Bertz CT molecular complexity index is 1160. The molecular formula is C24H30N8O2. The van der Waals surface area contributed by atoms with Crippen molar-refractivity contribution in [1.82, 2.24) is 25.2 Å². The van der Waals surface area contributed by atoms with Gasteiger partial charge < -0.3 is 21.3 Å².